The van der Waals surface area contributed by atoms with E-state index < -0.39 is 34.8 Å². The third kappa shape index (κ3) is 3.69. The van der Waals surface area contributed by atoms with Gasteiger partial charge in [-0.15, -0.1) is 0 Å². The molecule has 1 aromatic carbocycles. The number of ether oxygens (including phenoxy) is 2. The van der Waals surface area contributed by atoms with Crippen molar-refractivity contribution in [1.29, 1.82) is 0 Å². The lowest BCUT2D eigenvalue weighted by Crippen LogP contribution is -2.59. The van der Waals surface area contributed by atoms with Gasteiger partial charge >= 0.3 is 6.09 Å². The molecule has 2 aromatic heterocycles. The van der Waals surface area contributed by atoms with Crippen molar-refractivity contribution in [3.05, 3.63) is 69.4 Å². The van der Waals surface area contributed by atoms with Crippen molar-refractivity contribution in [2.24, 2.45) is 0 Å². The summed E-state index contributed by atoms with van der Waals surface area (Å²) in [6.45, 7) is -0.245. The number of amides is 2. The summed E-state index contributed by atoms with van der Waals surface area (Å²) in [5.74, 6) is -2.92. The Morgan fingerprint density at radius 1 is 1.23 bits per heavy atom. The molecule has 3 aromatic rings. The molecular formula is C22H19F2N5O6. The number of nitrogens with zero attached hydrogens (tertiary/aromatic N) is 5. The number of aromatic nitrogens is 3. The molecule has 2 aliphatic heterocycles. The predicted molar refractivity (Wildman–Crippen MR) is 115 cm³/mol. The Labute approximate surface area is 196 Å². The molecule has 0 spiro atoms. The summed E-state index contributed by atoms with van der Waals surface area (Å²) in [6, 6.07) is 3.16. The molecule has 13 heteroatoms. The lowest BCUT2D eigenvalue weighted by Gasteiger charge is -2.41. The highest BCUT2D eigenvalue weighted by Gasteiger charge is 2.41. The first kappa shape index (κ1) is 22.5. The van der Waals surface area contributed by atoms with Crippen LogP contribution in [-0.4, -0.2) is 63.4 Å². The van der Waals surface area contributed by atoms with Gasteiger partial charge < -0.3 is 19.5 Å². The molecule has 0 aliphatic carbocycles. The van der Waals surface area contributed by atoms with Gasteiger partial charge in [0.15, 0.2) is 11.4 Å². The molecule has 0 saturated carbocycles. The van der Waals surface area contributed by atoms with Crippen LogP contribution in [0.4, 0.5) is 13.6 Å². The summed E-state index contributed by atoms with van der Waals surface area (Å²) in [7, 11) is 1.45. The van der Waals surface area contributed by atoms with Crippen molar-refractivity contribution in [2.75, 3.05) is 31.9 Å². The van der Waals surface area contributed by atoms with Gasteiger partial charge in [0.1, 0.15) is 24.9 Å². The monoisotopic (exact) mass is 487 g/mol. The van der Waals surface area contributed by atoms with Gasteiger partial charge in [-0.05, 0) is 6.07 Å². The summed E-state index contributed by atoms with van der Waals surface area (Å²) < 4.78 is 40.0. The zero-order valence-electron chi connectivity index (χ0n) is 18.4. The lowest BCUT2D eigenvalue weighted by molar-refractivity contribution is 0.0567. The Balaban J connectivity index is 1.59. The number of rotatable bonds is 6. The normalized spacial score (nSPS) is 14.8. The zero-order valence-corrected chi connectivity index (χ0v) is 18.4. The fourth-order valence-corrected chi connectivity index (χ4v) is 4.15. The average molecular weight is 487 g/mol. The van der Waals surface area contributed by atoms with E-state index in [0.29, 0.717) is 0 Å². The number of halogens is 2. The molecule has 11 nitrogen and oxygen atoms in total. The van der Waals surface area contributed by atoms with Crippen LogP contribution in [-0.2, 0) is 22.6 Å². The van der Waals surface area contributed by atoms with Gasteiger partial charge in [-0.1, -0.05) is 6.07 Å². The second kappa shape index (κ2) is 8.51. The second-order valence-electron chi connectivity index (χ2n) is 7.98. The first-order valence-electron chi connectivity index (χ1n) is 10.5. The molecule has 2 amide bonds. The SMILES string of the molecule is COCCN1CN2C(=O)OCc3c(-c4cnn(Cc5ccc(F)cc5F)c4)c(=O)c(O)c(n32)C1=O. The van der Waals surface area contributed by atoms with Gasteiger partial charge in [0, 0.05) is 37.0 Å². The van der Waals surface area contributed by atoms with Gasteiger partial charge in [-0.3, -0.25) is 14.3 Å². The fraction of sp³-hybridized carbons (Fsp3) is 0.273. The number of carbonyl (C=O) groups is 2. The quantitative estimate of drug-likeness (QED) is 0.558. The Hall–Kier alpha value is -4.26. The maximum Gasteiger partial charge on any atom is 0.431 e. The molecule has 182 valence electrons. The topological polar surface area (TPSA) is 119 Å². The van der Waals surface area contributed by atoms with Crippen molar-refractivity contribution in [2.45, 2.75) is 13.2 Å². The minimum atomic E-state index is -0.849. The van der Waals surface area contributed by atoms with E-state index in [1.165, 1.54) is 39.8 Å². The Morgan fingerprint density at radius 3 is 2.77 bits per heavy atom. The average Bonchev–Trinajstić information content (AvgIpc) is 3.28. The molecule has 4 heterocycles. The number of pyridine rings is 1. The van der Waals surface area contributed by atoms with Crippen LogP contribution in [0.2, 0.25) is 0 Å². The summed E-state index contributed by atoms with van der Waals surface area (Å²) in [6.07, 6.45) is 2.01. The van der Waals surface area contributed by atoms with Crippen LogP contribution in [0.25, 0.3) is 11.1 Å². The summed E-state index contributed by atoms with van der Waals surface area (Å²) in [4.78, 5) is 40.0. The van der Waals surface area contributed by atoms with Crippen LogP contribution >= 0.6 is 0 Å². The molecule has 0 unspecified atom stereocenters. The highest BCUT2D eigenvalue weighted by atomic mass is 19.1. The molecule has 0 bridgehead atoms. The number of cyclic esters (lactones) is 1. The van der Waals surface area contributed by atoms with Crippen molar-refractivity contribution in [1.82, 2.24) is 19.4 Å². The standard InChI is InChI=1S/C22H19F2N5O6/c1-34-5-4-26-11-28-22(33)35-10-16-17(19(30)20(31)18(21(26)32)29(16)28)13-7-25-27(9-13)8-12-2-3-14(23)6-15(12)24/h2-3,6-7,9,31H,4-5,8,10-11H2,1H3. The van der Waals surface area contributed by atoms with Crippen molar-refractivity contribution < 1.29 is 33.0 Å². The van der Waals surface area contributed by atoms with E-state index >= 15 is 0 Å². The maximum atomic E-state index is 14.1. The Kier molecular flexibility index (Phi) is 5.47. The van der Waals surface area contributed by atoms with Crippen LogP contribution < -0.4 is 10.4 Å². The highest BCUT2D eigenvalue weighted by Crippen LogP contribution is 2.32. The molecular weight excluding hydrogens is 468 g/mol. The van der Waals surface area contributed by atoms with Crippen LogP contribution in [0.1, 0.15) is 21.7 Å². The van der Waals surface area contributed by atoms with E-state index in [0.717, 1.165) is 17.1 Å². The van der Waals surface area contributed by atoms with Crippen molar-refractivity contribution in [3.8, 4) is 16.9 Å². The fourth-order valence-electron chi connectivity index (χ4n) is 4.15. The van der Waals surface area contributed by atoms with Gasteiger partial charge in [0.2, 0.25) is 5.43 Å². The maximum absolute atomic E-state index is 14.1. The third-order valence-corrected chi connectivity index (χ3v) is 5.84. The lowest BCUT2D eigenvalue weighted by atomic mass is 10.0. The third-order valence-electron chi connectivity index (χ3n) is 5.84. The largest absolute Gasteiger partial charge is 0.502 e. The summed E-state index contributed by atoms with van der Waals surface area (Å²) in [5.41, 5.74) is -0.617. The van der Waals surface area contributed by atoms with Crippen LogP contribution in [0.3, 0.4) is 0 Å². The molecule has 35 heavy (non-hydrogen) atoms. The van der Waals surface area contributed by atoms with Gasteiger partial charge in [0.25, 0.3) is 5.91 Å². The molecule has 0 fully saturated rings. The second-order valence-corrected chi connectivity index (χ2v) is 7.98. The molecule has 0 radical (unpaired) electrons. The van der Waals surface area contributed by atoms with Gasteiger partial charge in [-0.2, -0.15) is 10.1 Å². The Morgan fingerprint density at radius 2 is 2.03 bits per heavy atom. The van der Waals surface area contributed by atoms with E-state index in [2.05, 4.69) is 5.10 Å². The van der Waals surface area contributed by atoms with Crippen LogP contribution in [0, 0.1) is 11.6 Å². The molecule has 0 atom stereocenters. The number of benzene rings is 1. The minimum absolute atomic E-state index is 0.0206. The minimum Gasteiger partial charge on any atom is -0.502 e. The zero-order chi connectivity index (χ0) is 24.9. The van der Waals surface area contributed by atoms with Crippen LogP contribution in [0.15, 0.2) is 35.4 Å². The van der Waals surface area contributed by atoms with Crippen LogP contribution in [0.5, 0.6) is 5.75 Å². The first-order chi connectivity index (χ1) is 16.8. The Bertz CT molecular complexity index is 1420. The molecule has 2 aliphatic rings. The molecule has 5 rings (SSSR count). The number of hydrogen-bond acceptors (Lipinski definition) is 7. The number of carbonyl (C=O) groups excluding carboxylic acids is 2. The van der Waals surface area contributed by atoms with E-state index in [1.54, 1.807) is 0 Å². The summed E-state index contributed by atoms with van der Waals surface area (Å²) in [5, 5.41) is 16.0. The van der Waals surface area contributed by atoms with Gasteiger partial charge in [0.05, 0.1) is 30.6 Å². The number of hydrogen-bond donors (Lipinski definition) is 1. The number of aromatic hydroxyl groups is 1. The van der Waals surface area contributed by atoms with Crippen molar-refractivity contribution in [3.63, 3.8) is 0 Å². The number of methoxy groups -OCH3 is 1. The van der Waals surface area contributed by atoms with Gasteiger partial charge in [-0.25, -0.2) is 18.3 Å². The molecule has 0 saturated heterocycles. The predicted octanol–water partition coefficient (Wildman–Crippen LogP) is 1.39. The summed E-state index contributed by atoms with van der Waals surface area (Å²) >= 11 is 0. The van der Waals surface area contributed by atoms with Crippen molar-refractivity contribution >= 4 is 12.0 Å². The van der Waals surface area contributed by atoms with E-state index in [-0.39, 0.29) is 61.1 Å². The highest BCUT2D eigenvalue weighted by molar-refractivity contribution is 5.99. The smallest absolute Gasteiger partial charge is 0.431 e. The first-order valence-corrected chi connectivity index (χ1v) is 10.5. The van der Waals surface area contributed by atoms with E-state index in [4.69, 9.17) is 9.47 Å². The molecule has 1 N–H and O–H groups in total. The van der Waals surface area contributed by atoms with E-state index in [1.807, 2.05) is 0 Å². The van der Waals surface area contributed by atoms with E-state index in [9.17, 15) is 28.3 Å².